The van der Waals surface area contributed by atoms with Crippen molar-refractivity contribution in [3.8, 4) is 0 Å². The lowest BCUT2D eigenvalue weighted by atomic mass is 9.83. The van der Waals surface area contributed by atoms with Crippen LogP contribution < -0.4 is 5.32 Å². The van der Waals surface area contributed by atoms with Gasteiger partial charge in [-0.15, -0.1) is 0 Å². The average Bonchev–Trinajstić information content (AvgIpc) is 2.55. The number of nitrogens with one attached hydrogen (secondary N) is 1. The van der Waals surface area contributed by atoms with Crippen LogP contribution in [0.4, 0.5) is 0 Å². The van der Waals surface area contributed by atoms with E-state index in [9.17, 15) is 0 Å². The van der Waals surface area contributed by atoms with Crippen molar-refractivity contribution in [3.63, 3.8) is 0 Å². The smallest absolute Gasteiger partial charge is 0.0170 e. The molecule has 1 aliphatic rings. The summed E-state index contributed by atoms with van der Waals surface area (Å²) in [7, 11) is 0. The third-order valence-corrected chi connectivity index (χ3v) is 4.28. The summed E-state index contributed by atoms with van der Waals surface area (Å²) in [4.78, 5) is 0. The Kier molecular flexibility index (Phi) is 7.31. The molecule has 0 aliphatic heterocycles. The topological polar surface area (TPSA) is 12.0 Å². The molecule has 0 bridgehead atoms. The molecule has 1 N–H and O–H groups in total. The summed E-state index contributed by atoms with van der Waals surface area (Å²) < 4.78 is 0. The number of allylic oxidation sites excluding steroid dienone is 2. The second kappa shape index (κ2) is 9.57. The zero-order chi connectivity index (χ0) is 14.8. The molecule has 0 saturated heterocycles. The Balaban J connectivity index is 1.98. The maximum Gasteiger partial charge on any atom is 0.0170 e. The lowest BCUT2D eigenvalue weighted by Crippen LogP contribution is -2.22. The highest BCUT2D eigenvalue weighted by molar-refractivity contribution is 5.51. The van der Waals surface area contributed by atoms with Crippen LogP contribution in [0, 0.1) is 5.92 Å². The van der Waals surface area contributed by atoms with Crippen LogP contribution >= 0.6 is 0 Å². The molecule has 0 unspecified atom stereocenters. The van der Waals surface area contributed by atoms with Gasteiger partial charge in [-0.1, -0.05) is 80.3 Å². The first kappa shape index (κ1) is 16.0. The lowest BCUT2D eigenvalue weighted by molar-refractivity contribution is 0.395. The molecule has 0 aromatic heterocycles. The Morgan fingerprint density at radius 3 is 2.62 bits per heavy atom. The van der Waals surface area contributed by atoms with Crippen molar-refractivity contribution in [2.24, 2.45) is 5.92 Å². The van der Waals surface area contributed by atoms with E-state index in [-0.39, 0.29) is 0 Å². The molecule has 2 rings (SSSR count). The van der Waals surface area contributed by atoms with E-state index in [1.807, 2.05) is 0 Å². The Bertz CT molecular complexity index is 438. The van der Waals surface area contributed by atoms with Gasteiger partial charge in [0.15, 0.2) is 0 Å². The Labute approximate surface area is 130 Å². The third kappa shape index (κ3) is 5.89. The van der Waals surface area contributed by atoms with Gasteiger partial charge >= 0.3 is 0 Å². The quantitative estimate of drug-likeness (QED) is 0.535. The summed E-state index contributed by atoms with van der Waals surface area (Å²) in [5, 5.41) is 3.58. The summed E-state index contributed by atoms with van der Waals surface area (Å²) in [5.74, 6) is 0.795. The molecule has 0 radical (unpaired) electrons. The molecule has 1 nitrogen and oxygen atoms in total. The number of benzene rings is 1. The Hall–Kier alpha value is -1.34. The van der Waals surface area contributed by atoms with Crippen molar-refractivity contribution < 1.29 is 0 Å². The Morgan fingerprint density at radius 2 is 1.90 bits per heavy atom. The van der Waals surface area contributed by atoms with Crippen molar-refractivity contribution in [1.29, 1.82) is 0 Å². The molecule has 1 heteroatoms. The van der Waals surface area contributed by atoms with Gasteiger partial charge < -0.3 is 5.32 Å². The maximum absolute atomic E-state index is 3.58. The van der Waals surface area contributed by atoms with E-state index in [4.69, 9.17) is 0 Å². The lowest BCUT2D eigenvalue weighted by Gasteiger charge is -2.24. The van der Waals surface area contributed by atoms with E-state index in [2.05, 4.69) is 60.8 Å². The molecule has 0 spiro atoms. The summed E-state index contributed by atoms with van der Waals surface area (Å²) in [6, 6.07) is 10.6. The third-order valence-electron chi connectivity index (χ3n) is 4.28. The molecule has 1 aliphatic carbocycles. The van der Waals surface area contributed by atoms with Crippen molar-refractivity contribution in [1.82, 2.24) is 5.32 Å². The van der Waals surface area contributed by atoms with Crippen LogP contribution in [0.1, 0.15) is 51.0 Å². The standard InChI is InChI=1S/C20H29N/c1-2-16-21-17-20(19-13-7-4-8-14-19)15-9-12-18-10-5-3-6-11-18/h3,5-6,9-12,15,19,21H,2,4,7-8,13-14,16-17H2,1H3/b12-9?,20-15-. The van der Waals surface area contributed by atoms with Gasteiger partial charge in [0.2, 0.25) is 0 Å². The van der Waals surface area contributed by atoms with Crippen LogP contribution in [0.3, 0.4) is 0 Å². The molecule has 114 valence electrons. The maximum atomic E-state index is 3.58. The van der Waals surface area contributed by atoms with Gasteiger partial charge in [0.05, 0.1) is 0 Å². The monoisotopic (exact) mass is 283 g/mol. The summed E-state index contributed by atoms with van der Waals surface area (Å²) >= 11 is 0. The van der Waals surface area contributed by atoms with Crippen LogP contribution in [-0.2, 0) is 0 Å². The van der Waals surface area contributed by atoms with E-state index >= 15 is 0 Å². The van der Waals surface area contributed by atoms with E-state index in [0.717, 1.165) is 19.0 Å². The zero-order valence-electron chi connectivity index (χ0n) is 13.4. The first-order chi connectivity index (χ1) is 10.4. The predicted molar refractivity (Wildman–Crippen MR) is 93.3 cm³/mol. The number of hydrogen-bond acceptors (Lipinski definition) is 1. The minimum atomic E-state index is 0.795. The highest BCUT2D eigenvalue weighted by atomic mass is 14.8. The van der Waals surface area contributed by atoms with Crippen molar-refractivity contribution in [2.45, 2.75) is 45.4 Å². The van der Waals surface area contributed by atoms with Crippen molar-refractivity contribution in [3.05, 3.63) is 53.6 Å². The van der Waals surface area contributed by atoms with E-state index in [1.165, 1.54) is 44.1 Å². The van der Waals surface area contributed by atoms with Crippen LogP contribution in [0.2, 0.25) is 0 Å². The predicted octanol–water partition coefficient (Wildman–Crippen LogP) is 5.21. The minimum Gasteiger partial charge on any atom is -0.313 e. The van der Waals surface area contributed by atoms with Crippen LogP contribution in [0.15, 0.2) is 48.1 Å². The largest absolute Gasteiger partial charge is 0.313 e. The van der Waals surface area contributed by atoms with Crippen LogP contribution in [-0.4, -0.2) is 13.1 Å². The first-order valence-electron chi connectivity index (χ1n) is 8.53. The van der Waals surface area contributed by atoms with E-state index in [1.54, 1.807) is 5.57 Å². The molecular formula is C20H29N. The van der Waals surface area contributed by atoms with E-state index < -0.39 is 0 Å². The van der Waals surface area contributed by atoms with Gasteiger partial charge in [0.25, 0.3) is 0 Å². The van der Waals surface area contributed by atoms with Gasteiger partial charge in [-0.3, -0.25) is 0 Å². The van der Waals surface area contributed by atoms with Gasteiger partial charge in [-0.2, -0.15) is 0 Å². The summed E-state index contributed by atoms with van der Waals surface area (Å²) in [6.45, 7) is 4.40. The molecule has 21 heavy (non-hydrogen) atoms. The summed E-state index contributed by atoms with van der Waals surface area (Å²) in [6.07, 6.45) is 15.0. The molecule has 1 aromatic carbocycles. The first-order valence-corrected chi connectivity index (χ1v) is 8.53. The highest BCUT2D eigenvalue weighted by Gasteiger charge is 2.16. The molecule has 0 atom stereocenters. The average molecular weight is 283 g/mol. The van der Waals surface area contributed by atoms with Crippen LogP contribution in [0.5, 0.6) is 0 Å². The zero-order valence-corrected chi connectivity index (χ0v) is 13.4. The van der Waals surface area contributed by atoms with Crippen molar-refractivity contribution in [2.75, 3.05) is 13.1 Å². The second-order valence-corrected chi connectivity index (χ2v) is 6.02. The van der Waals surface area contributed by atoms with Gasteiger partial charge in [0, 0.05) is 6.54 Å². The highest BCUT2D eigenvalue weighted by Crippen LogP contribution is 2.29. The van der Waals surface area contributed by atoms with Gasteiger partial charge in [-0.25, -0.2) is 0 Å². The van der Waals surface area contributed by atoms with Gasteiger partial charge in [0.1, 0.15) is 0 Å². The fourth-order valence-corrected chi connectivity index (χ4v) is 3.07. The summed E-state index contributed by atoms with van der Waals surface area (Å²) in [5.41, 5.74) is 2.87. The molecular weight excluding hydrogens is 254 g/mol. The SMILES string of the molecule is CCCNC/C(=C/C=Cc1ccccc1)C1CCCCC1. The van der Waals surface area contributed by atoms with E-state index in [0.29, 0.717) is 0 Å². The molecule has 0 amide bonds. The van der Waals surface area contributed by atoms with Crippen molar-refractivity contribution >= 4 is 6.08 Å². The second-order valence-electron chi connectivity index (χ2n) is 6.02. The number of hydrogen-bond donors (Lipinski definition) is 1. The fraction of sp³-hybridized carbons (Fsp3) is 0.500. The molecule has 1 saturated carbocycles. The van der Waals surface area contributed by atoms with Crippen LogP contribution in [0.25, 0.3) is 6.08 Å². The fourth-order valence-electron chi connectivity index (χ4n) is 3.07. The van der Waals surface area contributed by atoms with Gasteiger partial charge in [-0.05, 0) is 37.3 Å². The molecule has 1 fully saturated rings. The minimum absolute atomic E-state index is 0.795. The number of rotatable bonds is 7. The normalized spacial score (nSPS) is 17.5. The Morgan fingerprint density at radius 1 is 1.14 bits per heavy atom. The molecule has 1 aromatic rings. The molecule has 0 heterocycles.